The molecule has 3 aliphatic rings. The lowest BCUT2D eigenvalue weighted by Gasteiger charge is -2.34. The van der Waals surface area contributed by atoms with Crippen LogP contribution in [0.4, 0.5) is 13.2 Å². The Hall–Kier alpha value is -1.60. The van der Waals surface area contributed by atoms with Gasteiger partial charge in [0.2, 0.25) is 0 Å². The van der Waals surface area contributed by atoms with Crippen LogP contribution >= 0.6 is 0 Å². The monoisotopic (exact) mass is 424 g/mol. The summed E-state index contributed by atoms with van der Waals surface area (Å²) in [6, 6.07) is 8.32. The van der Waals surface area contributed by atoms with E-state index in [1.54, 1.807) is 4.90 Å². The molecule has 0 aliphatic carbocycles. The van der Waals surface area contributed by atoms with Gasteiger partial charge in [0, 0.05) is 18.6 Å². The number of fused-ring (bicyclic) bond motifs is 1. The lowest BCUT2D eigenvalue weighted by molar-refractivity contribution is -0.178. The highest BCUT2D eigenvalue weighted by Gasteiger charge is 2.45. The first kappa shape index (κ1) is 21.6. The quantitative estimate of drug-likeness (QED) is 0.660. The van der Waals surface area contributed by atoms with Gasteiger partial charge in [-0.1, -0.05) is 25.0 Å². The second-order valence-corrected chi connectivity index (χ2v) is 8.81. The van der Waals surface area contributed by atoms with E-state index >= 15 is 0 Å². The van der Waals surface area contributed by atoms with Gasteiger partial charge in [-0.05, 0) is 69.3 Å². The summed E-state index contributed by atoms with van der Waals surface area (Å²) in [4.78, 5) is 16.0. The number of likely N-dealkylation sites (tertiary alicyclic amines) is 1. The summed E-state index contributed by atoms with van der Waals surface area (Å²) in [6.45, 7) is 2.29. The third-order valence-electron chi connectivity index (χ3n) is 6.95. The van der Waals surface area contributed by atoms with Gasteiger partial charge >= 0.3 is 6.18 Å². The van der Waals surface area contributed by atoms with Crippen LogP contribution in [-0.2, 0) is 4.79 Å². The molecule has 4 nitrogen and oxygen atoms in total. The Morgan fingerprint density at radius 3 is 2.47 bits per heavy atom. The van der Waals surface area contributed by atoms with E-state index in [9.17, 15) is 18.0 Å². The van der Waals surface area contributed by atoms with Gasteiger partial charge in [-0.3, -0.25) is 14.6 Å². The number of hydrogen-bond acceptors (Lipinski definition) is 4. The summed E-state index contributed by atoms with van der Waals surface area (Å²) in [5.41, 5.74) is 1.32. The van der Waals surface area contributed by atoms with Crippen molar-refractivity contribution in [2.45, 2.75) is 75.7 Å². The van der Waals surface area contributed by atoms with Gasteiger partial charge in [-0.2, -0.15) is 13.2 Å². The Morgan fingerprint density at radius 2 is 1.70 bits per heavy atom. The molecular formula is C23H31F3N2O2. The molecule has 166 valence electrons. The highest BCUT2D eigenvalue weighted by Crippen LogP contribution is 2.40. The van der Waals surface area contributed by atoms with Crippen LogP contribution in [0.3, 0.4) is 0 Å². The number of alkyl halides is 3. The van der Waals surface area contributed by atoms with Crippen molar-refractivity contribution in [2.24, 2.45) is 0 Å². The van der Waals surface area contributed by atoms with E-state index in [4.69, 9.17) is 4.74 Å². The number of carbonyl (C=O) groups is 1. The number of carbonyl (C=O) groups excluding carboxylic acids is 1. The van der Waals surface area contributed by atoms with Crippen molar-refractivity contribution in [1.82, 2.24) is 9.80 Å². The molecule has 3 heterocycles. The maximum atomic E-state index is 12.9. The number of piperidine rings is 2. The van der Waals surface area contributed by atoms with Crippen molar-refractivity contribution < 1.29 is 22.7 Å². The Balaban J connectivity index is 1.29. The molecule has 0 bridgehead atoms. The van der Waals surface area contributed by atoms with E-state index in [-0.39, 0.29) is 13.0 Å². The van der Waals surface area contributed by atoms with Crippen molar-refractivity contribution in [1.29, 1.82) is 0 Å². The zero-order valence-electron chi connectivity index (χ0n) is 17.4. The molecule has 3 atom stereocenters. The summed E-state index contributed by atoms with van der Waals surface area (Å²) < 4.78 is 44.4. The van der Waals surface area contributed by atoms with Gasteiger partial charge in [0.1, 0.15) is 12.4 Å². The van der Waals surface area contributed by atoms with Crippen LogP contribution in [0, 0.1) is 0 Å². The van der Waals surface area contributed by atoms with Crippen molar-refractivity contribution in [3.05, 3.63) is 29.8 Å². The molecule has 0 saturated carbocycles. The first-order chi connectivity index (χ1) is 14.4. The predicted molar refractivity (Wildman–Crippen MR) is 109 cm³/mol. The van der Waals surface area contributed by atoms with Gasteiger partial charge < -0.3 is 4.74 Å². The molecule has 1 aromatic carbocycles. The van der Waals surface area contributed by atoms with Gasteiger partial charge in [0.15, 0.2) is 0 Å². The molecule has 3 aliphatic heterocycles. The lowest BCUT2D eigenvalue weighted by atomic mass is 9.98. The largest absolute Gasteiger partial charge is 0.492 e. The summed E-state index contributed by atoms with van der Waals surface area (Å²) in [7, 11) is 0. The van der Waals surface area contributed by atoms with E-state index < -0.39 is 18.0 Å². The highest BCUT2D eigenvalue weighted by atomic mass is 19.4. The number of hydrogen-bond donors (Lipinski definition) is 0. The van der Waals surface area contributed by atoms with Crippen LogP contribution in [0.25, 0.3) is 0 Å². The second kappa shape index (κ2) is 9.27. The van der Waals surface area contributed by atoms with Crippen LogP contribution in [0.2, 0.25) is 0 Å². The molecular weight excluding hydrogens is 393 g/mol. The Morgan fingerprint density at radius 1 is 0.967 bits per heavy atom. The minimum absolute atomic E-state index is 0.270. The van der Waals surface area contributed by atoms with Crippen LogP contribution in [0.1, 0.15) is 63.0 Å². The van der Waals surface area contributed by atoms with Crippen molar-refractivity contribution in [3.63, 3.8) is 0 Å². The van der Waals surface area contributed by atoms with Gasteiger partial charge in [0.05, 0.1) is 6.04 Å². The van der Waals surface area contributed by atoms with Crippen molar-refractivity contribution >= 4 is 5.78 Å². The fourth-order valence-electron chi connectivity index (χ4n) is 5.43. The molecule has 1 aromatic rings. The summed E-state index contributed by atoms with van der Waals surface area (Å²) in [5.74, 6) is -0.901. The van der Waals surface area contributed by atoms with Crippen LogP contribution in [0.5, 0.6) is 5.75 Å². The van der Waals surface area contributed by atoms with E-state index in [1.807, 2.05) is 12.1 Å². The molecule has 4 rings (SSSR count). The predicted octanol–water partition coefficient (Wildman–Crippen LogP) is 4.74. The topological polar surface area (TPSA) is 32.8 Å². The smallest absolute Gasteiger partial charge is 0.451 e. The first-order valence-corrected chi connectivity index (χ1v) is 11.3. The average molecular weight is 425 g/mol. The number of ketones is 1. The van der Waals surface area contributed by atoms with Crippen LogP contribution in [-0.4, -0.2) is 60.1 Å². The van der Waals surface area contributed by atoms with Gasteiger partial charge in [-0.25, -0.2) is 0 Å². The molecule has 1 unspecified atom stereocenters. The van der Waals surface area contributed by atoms with E-state index in [0.717, 1.165) is 18.2 Å². The van der Waals surface area contributed by atoms with Crippen LogP contribution in [0.15, 0.2) is 24.3 Å². The molecule has 0 amide bonds. The SMILES string of the molecule is O=C(C1CCCCN1CCOc1ccc([C@H]2CC[C@H]3CCCCN32)cc1)C(F)(F)F. The lowest BCUT2D eigenvalue weighted by Crippen LogP contribution is -2.50. The second-order valence-electron chi connectivity index (χ2n) is 8.81. The third kappa shape index (κ3) is 4.83. The zero-order chi connectivity index (χ0) is 21.1. The van der Waals surface area contributed by atoms with E-state index in [2.05, 4.69) is 17.0 Å². The number of rotatable bonds is 6. The molecule has 3 fully saturated rings. The van der Waals surface area contributed by atoms with E-state index in [1.165, 1.54) is 44.2 Å². The normalized spacial score (nSPS) is 28.3. The summed E-state index contributed by atoms with van der Waals surface area (Å²) in [5, 5.41) is 0. The van der Waals surface area contributed by atoms with Crippen molar-refractivity contribution in [2.75, 3.05) is 26.2 Å². The molecule has 3 saturated heterocycles. The third-order valence-corrected chi connectivity index (χ3v) is 6.95. The fraction of sp³-hybridized carbons (Fsp3) is 0.696. The number of nitrogens with zero attached hydrogens (tertiary/aromatic N) is 2. The molecule has 0 radical (unpaired) electrons. The fourth-order valence-corrected chi connectivity index (χ4v) is 5.43. The van der Waals surface area contributed by atoms with Gasteiger partial charge in [-0.15, -0.1) is 0 Å². The minimum atomic E-state index is -4.77. The summed E-state index contributed by atoms with van der Waals surface area (Å²) >= 11 is 0. The standard InChI is InChI=1S/C23H31F3N2O2/c24-23(25,26)22(29)21-6-2-3-13-27(21)15-16-30-19-10-7-17(8-11-19)20-12-9-18-5-1-4-14-28(18)20/h7-8,10-11,18,20-21H,1-6,9,12-16H2/t18-,20-,21?/m1/s1. The Bertz CT molecular complexity index is 722. The number of benzene rings is 1. The molecule has 0 aromatic heterocycles. The highest BCUT2D eigenvalue weighted by molar-refractivity contribution is 5.89. The number of Topliss-reactive ketones (excluding diaryl/α,β-unsaturated/α-hetero) is 1. The first-order valence-electron chi connectivity index (χ1n) is 11.3. The molecule has 30 heavy (non-hydrogen) atoms. The maximum Gasteiger partial charge on any atom is 0.451 e. The van der Waals surface area contributed by atoms with Crippen LogP contribution < -0.4 is 4.74 Å². The maximum absolute atomic E-state index is 12.9. The Labute approximate surface area is 176 Å². The minimum Gasteiger partial charge on any atom is -0.492 e. The molecule has 7 heteroatoms. The number of ether oxygens (including phenoxy) is 1. The van der Waals surface area contributed by atoms with Gasteiger partial charge in [0.25, 0.3) is 5.78 Å². The zero-order valence-corrected chi connectivity index (χ0v) is 17.4. The van der Waals surface area contributed by atoms with Crippen molar-refractivity contribution in [3.8, 4) is 5.75 Å². The average Bonchev–Trinajstić information content (AvgIpc) is 3.18. The molecule has 0 N–H and O–H groups in total. The summed E-state index contributed by atoms with van der Waals surface area (Å²) in [6.07, 6.45) is 3.38. The Kier molecular flexibility index (Phi) is 6.68. The molecule has 0 spiro atoms. The van der Waals surface area contributed by atoms with E-state index in [0.29, 0.717) is 25.6 Å². The number of halogens is 3.